The number of carboxylic acid groups (broad SMARTS) is 1. The Morgan fingerprint density at radius 1 is 1.10 bits per heavy atom. The second-order valence-corrected chi connectivity index (χ2v) is 7.85. The lowest BCUT2D eigenvalue weighted by Gasteiger charge is -2.32. The summed E-state index contributed by atoms with van der Waals surface area (Å²) >= 11 is 1.39. The SMILES string of the molecule is O=C(Oc1cc2c(s1)CCN(C(C(=O)O)c1ccccc1F)C2)c1ccccc1. The summed E-state index contributed by atoms with van der Waals surface area (Å²) in [5, 5.41) is 10.2. The van der Waals surface area contributed by atoms with Gasteiger partial charge in [0.2, 0.25) is 0 Å². The molecule has 0 fully saturated rings. The maximum absolute atomic E-state index is 14.2. The van der Waals surface area contributed by atoms with Crippen molar-refractivity contribution in [2.75, 3.05) is 6.54 Å². The minimum Gasteiger partial charge on any atom is -0.480 e. The predicted molar refractivity (Wildman–Crippen MR) is 107 cm³/mol. The molecule has 1 aliphatic heterocycles. The van der Waals surface area contributed by atoms with Crippen molar-refractivity contribution in [3.05, 3.63) is 88.0 Å². The molecule has 0 bridgehead atoms. The predicted octanol–water partition coefficient (Wildman–Crippen LogP) is 4.29. The van der Waals surface area contributed by atoms with Gasteiger partial charge < -0.3 is 9.84 Å². The first-order valence-corrected chi connectivity index (χ1v) is 9.94. The second-order valence-electron chi connectivity index (χ2n) is 6.75. The molecule has 0 saturated heterocycles. The van der Waals surface area contributed by atoms with Crippen molar-refractivity contribution >= 4 is 23.3 Å². The number of halogens is 1. The van der Waals surface area contributed by atoms with Crippen LogP contribution in [0.5, 0.6) is 5.06 Å². The Hall–Kier alpha value is -3.03. The molecule has 0 amide bonds. The minimum atomic E-state index is -1.09. The van der Waals surface area contributed by atoms with Gasteiger partial charge in [0.05, 0.1) is 5.56 Å². The van der Waals surface area contributed by atoms with E-state index in [-0.39, 0.29) is 5.56 Å². The van der Waals surface area contributed by atoms with Crippen LogP contribution in [0.3, 0.4) is 0 Å². The molecular formula is C22H18FNO4S. The van der Waals surface area contributed by atoms with Gasteiger partial charge >= 0.3 is 11.9 Å². The lowest BCUT2D eigenvalue weighted by atomic mass is 10.0. The van der Waals surface area contributed by atoms with Crippen molar-refractivity contribution in [3.8, 4) is 5.06 Å². The molecule has 4 rings (SSSR count). The van der Waals surface area contributed by atoms with Crippen LogP contribution in [-0.4, -0.2) is 28.5 Å². The monoisotopic (exact) mass is 411 g/mol. The maximum Gasteiger partial charge on any atom is 0.344 e. The van der Waals surface area contributed by atoms with Crippen LogP contribution in [0.1, 0.15) is 32.4 Å². The molecule has 1 unspecified atom stereocenters. The number of carbonyl (C=O) groups is 2. The minimum absolute atomic E-state index is 0.148. The molecule has 7 heteroatoms. The van der Waals surface area contributed by atoms with Crippen molar-refractivity contribution in [2.45, 2.75) is 19.0 Å². The van der Waals surface area contributed by atoms with E-state index < -0.39 is 23.8 Å². The highest BCUT2D eigenvalue weighted by Gasteiger charge is 2.33. The van der Waals surface area contributed by atoms with Crippen LogP contribution in [0, 0.1) is 5.82 Å². The van der Waals surface area contributed by atoms with Gasteiger partial charge in [-0.15, -0.1) is 11.3 Å². The van der Waals surface area contributed by atoms with Gasteiger partial charge in [-0.05, 0) is 36.2 Å². The van der Waals surface area contributed by atoms with Gasteiger partial charge in [-0.3, -0.25) is 9.69 Å². The Kier molecular flexibility index (Phi) is 5.42. The fourth-order valence-electron chi connectivity index (χ4n) is 3.51. The van der Waals surface area contributed by atoms with Crippen molar-refractivity contribution in [3.63, 3.8) is 0 Å². The normalized spacial score (nSPS) is 14.8. The average molecular weight is 411 g/mol. The van der Waals surface area contributed by atoms with E-state index in [0.717, 1.165) is 10.4 Å². The van der Waals surface area contributed by atoms with E-state index in [1.165, 1.54) is 29.5 Å². The van der Waals surface area contributed by atoms with E-state index in [4.69, 9.17) is 4.74 Å². The molecule has 1 atom stereocenters. The van der Waals surface area contributed by atoms with Crippen LogP contribution >= 0.6 is 11.3 Å². The zero-order valence-corrected chi connectivity index (χ0v) is 16.2. The van der Waals surface area contributed by atoms with E-state index in [0.29, 0.717) is 30.1 Å². The maximum atomic E-state index is 14.2. The van der Waals surface area contributed by atoms with E-state index in [2.05, 4.69) is 0 Å². The number of hydrogen-bond donors (Lipinski definition) is 1. The van der Waals surface area contributed by atoms with Crippen molar-refractivity contribution in [1.82, 2.24) is 4.90 Å². The highest BCUT2D eigenvalue weighted by molar-refractivity contribution is 7.14. The smallest absolute Gasteiger partial charge is 0.344 e. The quantitative estimate of drug-likeness (QED) is 0.635. The fourth-order valence-corrected chi connectivity index (χ4v) is 4.51. The van der Waals surface area contributed by atoms with Gasteiger partial charge in [-0.1, -0.05) is 36.4 Å². The lowest BCUT2D eigenvalue weighted by Crippen LogP contribution is -2.38. The third-order valence-electron chi connectivity index (χ3n) is 4.88. The Balaban J connectivity index is 1.53. The second kappa shape index (κ2) is 8.14. The third-order valence-corrected chi connectivity index (χ3v) is 5.99. The summed E-state index contributed by atoms with van der Waals surface area (Å²) in [5.41, 5.74) is 1.51. The third kappa shape index (κ3) is 4.06. The van der Waals surface area contributed by atoms with E-state index >= 15 is 0 Å². The number of thiophene rings is 1. The number of fused-ring (bicyclic) bond motifs is 1. The largest absolute Gasteiger partial charge is 0.480 e. The molecule has 148 valence electrons. The molecule has 3 aromatic rings. The molecule has 2 aromatic carbocycles. The van der Waals surface area contributed by atoms with Crippen LogP contribution in [0.25, 0.3) is 0 Å². The van der Waals surface area contributed by atoms with Crippen LogP contribution < -0.4 is 4.74 Å². The van der Waals surface area contributed by atoms with Crippen LogP contribution in [-0.2, 0) is 17.8 Å². The zero-order valence-electron chi connectivity index (χ0n) is 15.4. The van der Waals surface area contributed by atoms with Gasteiger partial charge in [0.15, 0.2) is 5.06 Å². The Morgan fingerprint density at radius 2 is 1.83 bits per heavy atom. The van der Waals surface area contributed by atoms with Crippen LogP contribution in [0.4, 0.5) is 4.39 Å². The molecule has 0 aliphatic carbocycles. The van der Waals surface area contributed by atoms with Gasteiger partial charge in [0.1, 0.15) is 11.9 Å². The number of nitrogens with zero attached hydrogens (tertiary/aromatic N) is 1. The Labute approximate surface area is 171 Å². The lowest BCUT2D eigenvalue weighted by molar-refractivity contribution is -0.144. The number of ether oxygens (including phenoxy) is 1. The first-order chi connectivity index (χ1) is 14.0. The summed E-state index contributed by atoms with van der Waals surface area (Å²) in [6.45, 7) is 0.824. The number of carboxylic acids is 1. The van der Waals surface area contributed by atoms with Crippen molar-refractivity contribution < 1.29 is 23.8 Å². The molecule has 0 saturated carbocycles. The summed E-state index contributed by atoms with van der Waals surface area (Å²) in [6.07, 6.45) is 0.612. The first kappa shape index (κ1) is 19.3. The molecule has 0 radical (unpaired) electrons. The van der Waals surface area contributed by atoms with E-state index in [1.54, 1.807) is 41.3 Å². The summed E-state index contributed by atoms with van der Waals surface area (Å²) < 4.78 is 19.7. The van der Waals surface area contributed by atoms with E-state index in [1.807, 2.05) is 6.07 Å². The fraction of sp³-hybridized carbons (Fsp3) is 0.182. The summed E-state index contributed by atoms with van der Waals surface area (Å²) in [5.74, 6) is -2.06. The van der Waals surface area contributed by atoms with Crippen molar-refractivity contribution in [1.29, 1.82) is 0 Å². The number of carbonyl (C=O) groups excluding carboxylic acids is 1. The molecule has 29 heavy (non-hydrogen) atoms. The molecule has 1 aromatic heterocycles. The molecule has 2 heterocycles. The average Bonchev–Trinajstić information content (AvgIpc) is 3.11. The molecular weight excluding hydrogens is 393 g/mol. The topological polar surface area (TPSA) is 66.8 Å². The molecule has 1 aliphatic rings. The number of aliphatic carboxylic acids is 1. The first-order valence-electron chi connectivity index (χ1n) is 9.13. The van der Waals surface area contributed by atoms with E-state index in [9.17, 15) is 19.1 Å². The van der Waals surface area contributed by atoms with Crippen LogP contribution in [0.15, 0.2) is 60.7 Å². The highest BCUT2D eigenvalue weighted by Crippen LogP contribution is 2.36. The van der Waals surface area contributed by atoms with Gasteiger partial charge in [-0.25, -0.2) is 9.18 Å². The summed E-state index contributed by atoms with van der Waals surface area (Å²) in [6, 6.07) is 15.4. The summed E-state index contributed by atoms with van der Waals surface area (Å²) in [7, 11) is 0. The standard InChI is InChI=1S/C22H18FNO4S/c23-17-9-5-4-8-16(17)20(21(25)26)24-11-10-18-15(13-24)12-19(29-18)28-22(27)14-6-2-1-3-7-14/h1-9,12,20H,10-11,13H2,(H,25,26). The van der Waals surface area contributed by atoms with Gasteiger partial charge in [0, 0.05) is 23.5 Å². The number of hydrogen-bond acceptors (Lipinski definition) is 5. The molecule has 1 N–H and O–H groups in total. The van der Waals surface area contributed by atoms with Crippen molar-refractivity contribution in [2.24, 2.45) is 0 Å². The number of benzene rings is 2. The van der Waals surface area contributed by atoms with Crippen LogP contribution in [0.2, 0.25) is 0 Å². The van der Waals surface area contributed by atoms with Gasteiger partial charge in [-0.2, -0.15) is 0 Å². The number of esters is 1. The zero-order chi connectivity index (χ0) is 20.4. The number of rotatable bonds is 5. The Morgan fingerprint density at radius 3 is 2.55 bits per heavy atom. The summed E-state index contributed by atoms with van der Waals surface area (Å²) in [4.78, 5) is 26.9. The highest BCUT2D eigenvalue weighted by atomic mass is 32.1. The molecule has 5 nitrogen and oxygen atoms in total. The Bertz CT molecular complexity index is 1050. The molecule has 0 spiro atoms. The van der Waals surface area contributed by atoms with Gasteiger partial charge in [0.25, 0.3) is 0 Å².